The fourth-order valence-electron chi connectivity index (χ4n) is 3.42. The highest BCUT2D eigenvalue weighted by molar-refractivity contribution is 7.19. The summed E-state index contributed by atoms with van der Waals surface area (Å²) in [5.41, 5.74) is 2.27. The second kappa shape index (κ2) is 10.2. The lowest BCUT2D eigenvalue weighted by atomic mass is 10.0. The van der Waals surface area contributed by atoms with Crippen LogP contribution >= 0.6 is 11.3 Å². The first kappa shape index (κ1) is 21.7. The molecule has 0 spiro atoms. The lowest BCUT2D eigenvalue weighted by molar-refractivity contribution is -0.138. The fourth-order valence-corrected chi connectivity index (χ4v) is 4.44. The molecule has 0 atom stereocenters. The van der Waals surface area contributed by atoms with Gasteiger partial charge in [-0.2, -0.15) is 0 Å². The lowest BCUT2D eigenvalue weighted by Crippen LogP contribution is -2.32. The largest absolute Gasteiger partial charge is 0.481 e. The van der Waals surface area contributed by atoms with Crippen molar-refractivity contribution in [2.75, 3.05) is 25.0 Å². The van der Waals surface area contributed by atoms with Gasteiger partial charge in [0.15, 0.2) is 0 Å². The Labute approximate surface area is 179 Å². The molecule has 8 heteroatoms. The van der Waals surface area contributed by atoms with E-state index in [1.54, 1.807) is 22.6 Å². The Kier molecular flexibility index (Phi) is 7.35. The minimum absolute atomic E-state index is 0.0234. The number of carbonyl (C=O) groups excluding carboxylic acids is 1. The van der Waals surface area contributed by atoms with Gasteiger partial charge >= 0.3 is 5.97 Å². The smallest absolute Gasteiger partial charge is 0.305 e. The maximum atomic E-state index is 12.3. The molecule has 1 aromatic carbocycles. The quantitative estimate of drug-likeness (QED) is 0.472. The summed E-state index contributed by atoms with van der Waals surface area (Å²) in [6.45, 7) is 5.31. The SMILES string of the molecule is CCN(CCC(=O)O)C(=O)CCCNc1ncnc2sc(C)c(-c3ccccc3)c12. The van der Waals surface area contributed by atoms with Crippen molar-refractivity contribution < 1.29 is 14.7 Å². The number of hydrogen-bond acceptors (Lipinski definition) is 6. The molecular formula is C22H26N4O3S. The highest BCUT2D eigenvalue weighted by Crippen LogP contribution is 2.40. The maximum absolute atomic E-state index is 12.3. The number of rotatable bonds is 10. The number of aromatic nitrogens is 2. The van der Waals surface area contributed by atoms with Crippen molar-refractivity contribution in [3.8, 4) is 11.1 Å². The van der Waals surface area contributed by atoms with Crippen LogP contribution in [0.3, 0.4) is 0 Å². The van der Waals surface area contributed by atoms with E-state index in [0.717, 1.165) is 27.2 Å². The third-order valence-electron chi connectivity index (χ3n) is 4.92. The van der Waals surface area contributed by atoms with E-state index in [-0.39, 0.29) is 18.9 Å². The Hall–Kier alpha value is -3.00. The number of anilines is 1. The zero-order valence-electron chi connectivity index (χ0n) is 17.2. The first-order valence-electron chi connectivity index (χ1n) is 10.0. The van der Waals surface area contributed by atoms with Gasteiger partial charge in [-0.15, -0.1) is 11.3 Å². The van der Waals surface area contributed by atoms with E-state index in [2.05, 4.69) is 34.3 Å². The van der Waals surface area contributed by atoms with E-state index in [1.807, 2.05) is 25.1 Å². The highest BCUT2D eigenvalue weighted by Gasteiger charge is 2.17. The molecule has 30 heavy (non-hydrogen) atoms. The summed E-state index contributed by atoms with van der Waals surface area (Å²) in [6.07, 6.45) is 2.53. The molecule has 0 fully saturated rings. The summed E-state index contributed by atoms with van der Waals surface area (Å²) in [6, 6.07) is 10.2. The van der Waals surface area contributed by atoms with Gasteiger partial charge in [0.1, 0.15) is 17.0 Å². The van der Waals surface area contributed by atoms with Crippen molar-refractivity contribution in [2.24, 2.45) is 0 Å². The van der Waals surface area contributed by atoms with Crippen molar-refractivity contribution in [2.45, 2.75) is 33.1 Å². The van der Waals surface area contributed by atoms with E-state index in [0.29, 0.717) is 25.9 Å². The van der Waals surface area contributed by atoms with Gasteiger partial charge in [-0.3, -0.25) is 9.59 Å². The molecule has 2 aromatic heterocycles. The zero-order chi connectivity index (χ0) is 21.5. The number of hydrogen-bond donors (Lipinski definition) is 2. The van der Waals surface area contributed by atoms with Crippen LogP contribution in [0.15, 0.2) is 36.7 Å². The van der Waals surface area contributed by atoms with Crippen LogP contribution in [-0.2, 0) is 9.59 Å². The molecule has 0 saturated heterocycles. The second-order valence-electron chi connectivity index (χ2n) is 6.95. The minimum Gasteiger partial charge on any atom is -0.481 e. The molecule has 2 N–H and O–H groups in total. The Bertz CT molecular complexity index is 1020. The van der Waals surface area contributed by atoms with E-state index in [1.165, 1.54) is 4.88 Å². The topological polar surface area (TPSA) is 95.4 Å². The van der Waals surface area contributed by atoms with E-state index < -0.39 is 5.97 Å². The summed E-state index contributed by atoms with van der Waals surface area (Å²) in [5, 5.41) is 13.2. The first-order chi connectivity index (χ1) is 14.5. The number of carboxylic acids is 1. The summed E-state index contributed by atoms with van der Waals surface area (Å²) < 4.78 is 0. The van der Waals surface area contributed by atoms with Gasteiger partial charge in [-0.05, 0) is 25.8 Å². The van der Waals surface area contributed by atoms with Crippen LogP contribution in [0, 0.1) is 6.92 Å². The number of carbonyl (C=O) groups is 2. The molecule has 2 heterocycles. The number of fused-ring (bicyclic) bond motifs is 1. The Morgan fingerprint density at radius 2 is 1.93 bits per heavy atom. The molecule has 0 aliphatic heterocycles. The van der Waals surface area contributed by atoms with Crippen molar-refractivity contribution in [3.63, 3.8) is 0 Å². The van der Waals surface area contributed by atoms with Crippen molar-refractivity contribution in [1.82, 2.24) is 14.9 Å². The summed E-state index contributed by atoms with van der Waals surface area (Å²) in [5.74, 6) is -0.144. The summed E-state index contributed by atoms with van der Waals surface area (Å²) in [4.78, 5) is 35.7. The molecule has 7 nitrogen and oxygen atoms in total. The number of aryl methyl sites for hydroxylation is 1. The number of thiophene rings is 1. The molecule has 0 aliphatic rings. The van der Waals surface area contributed by atoms with Gasteiger partial charge in [0.05, 0.1) is 11.8 Å². The monoisotopic (exact) mass is 426 g/mol. The Morgan fingerprint density at radius 1 is 1.17 bits per heavy atom. The Morgan fingerprint density at radius 3 is 2.63 bits per heavy atom. The predicted octanol–water partition coefficient (Wildman–Crippen LogP) is 4.18. The van der Waals surface area contributed by atoms with Crippen molar-refractivity contribution >= 4 is 39.2 Å². The molecule has 0 aliphatic carbocycles. The normalized spacial score (nSPS) is 10.9. The van der Waals surface area contributed by atoms with Gasteiger partial charge in [0, 0.05) is 36.5 Å². The molecule has 3 aromatic rings. The molecule has 158 valence electrons. The van der Waals surface area contributed by atoms with Gasteiger partial charge in [-0.1, -0.05) is 30.3 Å². The average molecular weight is 427 g/mol. The third kappa shape index (κ3) is 5.13. The molecule has 0 saturated carbocycles. The van der Waals surface area contributed by atoms with Gasteiger partial charge in [0.25, 0.3) is 0 Å². The summed E-state index contributed by atoms with van der Waals surface area (Å²) >= 11 is 1.65. The molecular weight excluding hydrogens is 400 g/mol. The van der Waals surface area contributed by atoms with Crippen molar-refractivity contribution in [3.05, 3.63) is 41.5 Å². The van der Waals surface area contributed by atoms with Gasteiger partial charge < -0.3 is 15.3 Å². The average Bonchev–Trinajstić information content (AvgIpc) is 3.08. The van der Waals surface area contributed by atoms with E-state index >= 15 is 0 Å². The summed E-state index contributed by atoms with van der Waals surface area (Å²) in [7, 11) is 0. The van der Waals surface area contributed by atoms with Gasteiger partial charge in [0.2, 0.25) is 5.91 Å². The van der Waals surface area contributed by atoms with Crippen LogP contribution in [0.2, 0.25) is 0 Å². The van der Waals surface area contributed by atoms with Crippen LogP contribution < -0.4 is 5.32 Å². The standard InChI is InChI=1S/C22H26N4O3S/c1-3-26(13-11-18(28)29)17(27)10-7-12-23-21-20-19(16-8-5-4-6-9-16)15(2)30-22(20)25-14-24-21/h4-6,8-9,14H,3,7,10-13H2,1-2H3,(H,28,29)(H,23,24,25). The Balaban J connectivity index is 1.67. The number of nitrogens with one attached hydrogen (secondary N) is 1. The number of carboxylic acid groups (broad SMARTS) is 1. The number of nitrogens with zero attached hydrogens (tertiary/aromatic N) is 3. The van der Waals surface area contributed by atoms with Crippen LogP contribution in [-0.4, -0.2) is 51.5 Å². The molecule has 0 unspecified atom stereocenters. The molecule has 1 amide bonds. The van der Waals surface area contributed by atoms with Crippen LogP contribution in [0.1, 0.15) is 31.1 Å². The zero-order valence-corrected chi connectivity index (χ0v) is 18.0. The fraction of sp³-hybridized carbons (Fsp3) is 0.364. The van der Waals surface area contributed by atoms with Crippen LogP contribution in [0.5, 0.6) is 0 Å². The third-order valence-corrected chi connectivity index (χ3v) is 5.93. The van der Waals surface area contributed by atoms with Crippen molar-refractivity contribution in [1.29, 1.82) is 0 Å². The predicted molar refractivity (Wildman–Crippen MR) is 120 cm³/mol. The molecule has 3 rings (SSSR count). The second-order valence-corrected chi connectivity index (χ2v) is 8.15. The van der Waals surface area contributed by atoms with Crippen LogP contribution in [0.4, 0.5) is 5.82 Å². The maximum Gasteiger partial charge on any atom is 0.305 e. The number of benzene rings is 1. The molecule has 0 radical (unpaired) electrons. The number of aliphatic carboxylic acids is 1. The highest BCUT2D eigenvalue weighted by atomic mass is 32.1. The van der Waals surface area contributed by atoms with Crippen LogP contribution in [0.25, 0.3) is 21.3 Å². The van der Waals surface area contributed by atoms with E-state index in [9.17, 15) is 9.59 Å². The molecule has 0 bridgehead atoms. The van der Waals surface area contributed by atoms with Gasteiger partial charge in [-0.25, -0.2) is 9.97 Å². The van der Waals surface area contributed by atoms with E-state index in [4.69, 9.17) is 5.11 Å². The number of amides is 1. The lowest BCUT2D eigenvalue weighted by Gasteiger charge is -2.20. The minimum atomic E-state index is -0.893. The first-order valence-corrected chi connectivity index (χ1v) is 10.9.